The van der Waals surface area contributed by atoms with Crippen LogP contribution >= 0.6 is 11.6 Å². The molecule has 6 nitrogen and oxygen atoms in total. The molecule has 0 spiro atoms. The third kappa shape index (κ3) is 6.03. The minimum absolute atomic E-state index is 0.0604. The Labute approximate surface area is 234 Å². The van der Waals surface area contributed by atoms with Gasteiger partial charge in [-0.1, -0.05) is 11.6 Å². The molecule has 0 radical (unpaired) electrons. The van der Waals surface area contributed by atoms with E-state index in [1.165, 1.54) is 31.3 Å². The van der Waals surface area contributed by atoms with Crippen LogP contribution in [0.4, 0.5) is 66.7 Å². The van der Waals surface area contributed by atoms with Gasteiger partial charge in [-0.2, -0.15) is 39.5 Å². The number of anilines is 4. The van der Waals surface area contributed by atoms with Crippen LogP contribution in [0.1, 0.15) is 31.8 Å². The first-order valence-electron chi connectivity index (χ1n) is 11.2. The van der Waals surface area contributed by atoms with E-state index in [1.54, 1.807) is 5.32 Å². The van der Waals surface area contributed by atoms with Gasteiger partial charge in [0.25, 0.3) is 11.8 Å². The summed E-state index contributed by atoms with van der Waals surface area (Å²) in [6, 6.07) is 7.66. The van der Waals surface area contributed by atoms with Crippen LogP contribution < -0.4 is 21.7 Å². The van der Waals surface area contributed by atoms with Crippen molar-refractivity contribution in [3.63, 3.8) is 0 Å². The van der Waals surface area contributed by atoms with E-state index in [0.717, 1.165) is 23.1 Å². The Morgan fingerprint density at radius 3 is 1.81 bits per heavy atom. The van der Waals surface area contributed by atoms with E-state index in [2.05, 4.69) is 0 Å². The Morgan fingerprint density at radius 1 is 0.786 bits per heavy atom. The van der Waals surface area contributed by atoms with E-state index in [0.29, 0.717) is 5.69 Å². The number of amides is 2. The zero-order valence-corrected chi connectivity index (χ0v) is 21.5. The van der Waals surface area contributed by atoms with Crippen LogP contribution in [0.5, 0.6) is 0 Å². The van der Waals surface area contributed by atoms with Gasteiger partial charge in [0.15, 0.2) is 0 Å². The summed E-state index contributed by atoms with van der Waals surface area (Å²) in [6.45, 7) is 0. The maximum Gasteiger partial charge on any atom is 0.435 e. The summed E-state index contributed by atoms with van der Waals surface area (Å²) in [5.74, 6) is -2.02. The molecule has 226 valence electrons. The molecule has 2 amide bonds. The van der Waals surface area contributed by atoms with Crippen molar-refractivity contribution < 1.29 is 53.5 Å². The van der Waals surface area contributed by atoms with Gasteiger partial charge in [0, 0.05) is 29.4 Å². The number of nitrogens with two attached hydrogens (primary N) is 2. The highest BCUT2D eigenvalue weighted by atomic mass is 35.5. The Morgan fingerprint density at radius 2 is 1.31 bits per heavy atom. The monoisotopic (exact) mass is 630 g/mol. The molecule has 0 fully saturated rings. The number of alkyl halides is 10. The van der Waals surface area contributed by atoms with Gasteiger partial charge in [-0.15, -0.1) is 0 Å². The summed E-state index contributed by atoms with van der Waals surface area (Å²) >= 11 is 5.61. The fourth-order valence-electron chi connectivity index (χ4n) is 3.73. The highest BCUT2D eigenvalue weighted by Gasteiger charge is 2.73. The molecule has 3 rings (SSSR count). The van der Waals surface area contributed by atoms with Crippen LogP contribution in [0.25, 0.3) is 0 Å². The molecule has 0 aliphatic rings. The Balaban J connectivity index is 2.06. The molecule has 0 bridgehead atoms. The predicted molar refractivity (Wildman–Crippen MR) is 134 cm³/mol. The van der Waals surface area contributed by atoms with Gasteiger partial charge in [0.05, 0.1) is 27.6 Å². The van der Waals surface area contributed by atoms with Crippen molar-refractivity contribution in [2.24, 2.45) is 0 Å². The highest BCUT2D eigenvalue weighted by molar-refractivity contribution is 6.34. The second-order valence-corrected chi connectivity index (χ2v) is 9.15. The Hall–Kier alpha value is -4.21. The normalized spacial score (nSPS) is 12.7. The average molecular weight is 631 g/mol. The third-order valence-electron chi connectivity index (χ3n) is 5.93. The highest BCUT2D eigenvalue weighted by Crippen LogP contribution is 2.55. The summed E-state index contributed by atoms with van der Waals surface area (Å²) in [6.07, 6.45) is -19.2. The molecule has 0 aromatic heterocycles. The summed E-state index contributed by atoms with van der Waals surface area (Å²) in [5, 5.41) is 0.200. The first-order valence-corrected chi connectivity index (χ1v) is 11.6. The van der Waals surface area contributed by atoms with Crippen molar-refractivity contribution in [2.75, 3.05) is 28.7 Å². The van der Waals surface area contributed by atoms with Crippen molar-refractivity contribution in [1.29, 1.82) is 0 Å². The second-order valence-electron chi connectivity index (χ2n) is 8.75. The smallest absolute Gasteiger partial charge is 0.399 e. The van der Waals surface area contributed by atoms with Gasteiger partial charge >= 0.3 is 24.2 Å². The number of carbonyl (C=O) groups is 2. The number of rotatable bonds is 5. The standard InChI is InChI=1S/C25H17ClF10N4O2/c1-40(21(42)11-2-5-14(37)6-3-11)18-8-12(4-7-17(18)38)20(41)39-19-15(23(28,29)30)9-13(10-16(19)26)22(27,24(31,32)33)25(34,35)36/h2-10H,37-38H2,1H3,(H,39,41). The molecule has 3 aromatic carbocycles. The van der Waals surface area contributed by atoms with Crippen LogP contribution in [0, 0.1) is 0 Å². The number of carbonyl (C=O) groups excluding carboxylic acids is 2. The molecule has 0 heterocycles. The van der Waals surface area contributed by atoms with Gasteiger partial charge in [0.2, 0.25) is 0 Å². The van der Waals surface area contributed by atoms with Crippen molar-refractivity contribution in [1.82, 2.24) is 0 Å². The predicted octanol–water partition coefficient (Wildman–Crippen LogP) is 7.34. The lowest BCUT2D eigenvalue weighted by Crippen LogP contribution is -2.50. The summed E-state index contributed by atoms with van der Waals surface area (Å²) in [7, 11) is 1.26. The van der Waals surface area contributed by atoms with Gasteiger partial charge in [-0.05, 0) is 54.6 Å². The lowest BCUT2D eigenvalue weighted by Gasteiger charge is -2.31. The van der Waals surface area contributed by atoms with Crippen molar-refractivity contribution in [3.8, 4) is 0 Å². The molecule has 0 aliphatic heterocycles. The van der Waals surface area contributed by atoms with Crippen LogP contribution in [0.15, 0.2) is 54.6 Å². The van der Waals surface area contributed by atoms with Crippen LogP contribution in [-0.2, 0) is 11.8 Å². The third-order valence-corrected chi connectivity index (χ3v) is 6.23. The molecular formula is C25H17ClF10N4O2. The van der Waals surface area contributed by atoms with E-state index >= 15 is 0 Å². The quantitative estimate of drug-likeness (QED) is 0.203. The number of halogens is 11. The zero-order chi connectivity index (χ0) is 32.0. The number of benzene rings is 3. The lowest BCUT2D eigenvalue weighted by atomic mass is 9.91. The maximum atomic E-state index is 14.5. The fraction of sp³-hybridized carbons (Fsp3) is 0.200. The molecular weight excluding hydrogens is 614 g/mol. The summed E-state index contributed by atoms with van der Waals surface area (Å²) in [4.78, 5) is 26.7. The molecule has 0 unspecified atom stereocenters. The van der Waals surface area contributed by atoms with E-state index in [-0.39, 0.29) is 23.0 Å². The van der Waals surface area contributed by atoms with Crippen LogP contribution in [-0.4, -0.2) is 31.2 Å². The zero-order valence-electron chi connectivity index (χ0n) is 20.8. The van der Waals surface area contributed by atoms with Gasteiger partial charge in [0.1, 0.15) is 0 Å². The number of hydrogen-bond donors (Lipinski definition) is 3. The first kappa shape index (κ1) is 32.3. The molecule has 3 aromatic rings. The Kier molecular flexibility index (Phi) is 8.37. The number of nitrogen functional groups attached to an aromatic ring is 2. The lowest BCUT2D eigenvalue weighted by molar-refractivity contribution is -0.348. The molecule has 17 heteroatoms. The maximum absolute atomic E-state index is 14.5. The SMILES string of the molecule is CN(C(=O)c1ccc(N)cc1)c1cc(C(=O)Nc2c(Cl)cc(C(F)(C(F)(F)F)C(F)(F)F)cc2C(F)(F)F)ccc1N. The molecule has 0 saturated heterocycles. The van der Waals surface area contributed by atoms with Gasteiger partial charge in [-0.3, -0.25) is 9.59 Å². The minimum Gasteiger partial charge on any atom is -0.399 e. The molecule has 0 atom stereocenters. The van der Waals surface area contributed by atoms with Gasteiger partial charge < -0.3 is 21.7 Å². The number of nitrogens with zero attached hydrogens (tertiary/aromatic N) is 1. The fourth-order valence-corrected chi connectivity index (χ4v) is 4.00. The number of hydrogen-bond acceptors (Lipinski definition) is 4. The van der Waals surface area contributed by atoms with E-state index < -0.39 is 69.5 Å². The topological polar surface area (TPSA) is 101 Å². The van der Waals surface area contributed by atoms with Gasteiger partial charge in [-0.25, -0.2) is 4.39 Å². The van der Waals surface area contributed by atoms with E-state index in [9.17, 15) is 53.5 Å². The molecule has 0 saturated carbocycles. The molecule has 0 aliphatic carbocycles. The second kappa shape index (κ2) is 10.9. The molecule has 42 heavy (non-hydrogen) atoms. The average Bonchev–Trinajstić information content (AvgIpc) is 2.87. The first-order chi connectivity index (χ1) is 19.1. The summed E-state index contributed by atoms with van der Waals surface area (Å²) < 4.78 is 135. The summed E-state index contributed by atoms with van der Waals surface area (Å²) in [5.41, 5.74) is -1.12. The Bertz CT molecular complexity index is 1510. The minimum atomic E-state index is -6.72. The van der Waals surface area contributed by atoms with Crippen LogP contribution in [0.3, 0.4) is 0 Å². The van der Waals surface area contributed by atoms with Crippen LogP contribution in [0.2, 0.25) is 5.02 Å². The molecule has 5 N–H and O–H groups in total. The largest absolute Gasteiger partial charge is 0.435 e. The van der Waals surface area contributed by atoms with Crippen molar-refractivity contribution in [2.45, 2.75) is 24.2 Å². The van der Waals surface area contributed by atoms with E-state index in [4.69, 9.17) is 23.1 Å². The number of nitrogens with one attached hydrogen (secondary N) is 1. The van der Waals surface area contributed by atoms with Crippen molar-refractivity contribution >= 4 is 46.2 Å². The van der Waals surface area contributed by atoms with E-state index in [1.807, 2.05) is 0 Å². The van der Waals surface area contributed by atoms with Crippen molar-refractivity contribution in [3.05, 3.63) is 81.9 Å².